The van der Waals surface area contributed by atoms with E-state index in [-0.39, 0.29) is 41.9 Å². The number of alkyl halides is 2. The van der Waals surface area contributed by atoms with Crippen molar-refractivity contribution in [2.45, 2.75) is 52.7 Å². The van der Waals surface area contributed by atoms with Crippen LogP contribution in [0.15, 0.2) is 18.2 Å². The van der Waals surface area contributed by atoms with E-state index in [9.17, 15) is 18.4 Å². The first-order valence-electron chi connectivity index (χ1n) is 9.29. The van der Waals surface area contributed by atoms with Crippen LogP contribution in [0.2, 0.25) is 0 Å². The van der Waals surface area contributed by atoms with Gasteiger partial charge in [-0.05, 0) is 30.0 Å². The van der Waals surface area contributed by atoms with Crippen LogP contribution in [0, 0.1) is 5.92 Å². The fourth-order valence-electron chi connectivity index (χ4n) is 3.26. The Bertz CT molecular complexity index is 695. The van der Waals surface area contributed by atoms with Crippen molar-refractivity contribution in [1.82, 2.24) is 4.90 Å². The molecule has 2 rings (SSSR count). The van der Waals surface area contributed by atoms with Gasteiger partial charge in [-0.1, -0.05) is 19.9 Å². The van der Waals surface area contributed by atoms with Gasteiger partial charge in [-0.15, -0.1) is 0 Å². The second-order valence-corrected chi connectivity index (χ2v) is 7.35. The van der Waals surface area contributed by atoms with Crippen molar-refractivity contribution in [3.63, 3.8) is 0 Å². The highest BCUT2D eigenvalue weighted by atomic mass is 19.3. The Morgan fingerprint density at radius 2 is 1.93 bits per heavy atom. The summed E-state index contributed by atoms with van der Waals surface area (Å²) in [6, 6.07) is 4.65. The molecule has 2 atom stereocenters. The van der Waals surface area contributed by atoms with Crippen molar-refractivity contribution < 1.29 is 32.6 Å². The van der Waals surface area contributed by atoms with Crippen molar-refractivity contribution in [1.29, 1.82) is 0 Å². The molecule has 1 aliphatic rings. The van der Waals surface area contributed by atoms with E-state index in [4.69, 9.17) is 9.47 Å². The van der Waals surface area contributed by atoms with Gasteiger partial charge < -0.3 is 19.1 Å². The fourth-order valence-corrected chi connectivity index (χ4v) is 3.26. The number of carbonyl (C=O) groups excluding carboxylic acids is 2. The van der Waals surface area contributed by atoms with Gasteiger partial charge in [0.1, 0.15) is 6.61 Å². The molecule has 28 heavy (non-hydrogen) atoms. The highest BCUT2D eigenvalue weighted by Crippen LogP contribution is 2.37. The molecule has 1 aliphatic heterocycles. The Balaban J connectivity index is 2.21. The average molecular weight is 399 g/mol. The van der Waals surface area contributed by atoms with Crippen molar-refractivity contribution >= 4 is 11.9 Å². The first-order chi connectivity index (χ1) is 13.2. The minimum absolute atomic E-state index is 0.0164. The maximum Gasteiger partial charge on any atom is 0.387 e. The van der Waals surface area contributed by atoms with Gasteiger partial charge in [-0.25, -0.2) is 0 Å². The lowest BCUT2D eigenvalue weighted by atomic mass is 9.96. The van der Waals surface area contributed by atoms with Crippen molar-refractivity contribution in [2.75, 3.05) is 19.8 Å². The predicted octanol–water partition coefficient (Wildman–Crippen LogP) is 3.59. The topological polar surface area (TPSA) is 65.1 Å². The summed E-state index contributed by atoms with van der Waals surface area (Å²) < 4.78 is 40.7. The molecule has 0 N–H and O–H groups in total. The number of esters is 1. The van der Waals surface area contributed by atoms with Crippen LogP contribution in [0.5, 0.6) is 11.5 Å². The van der Waals surface area contributed by atoms with Crippen LogP contribution in [0.4, 0.5) is 8.78 Å². The summed E-state index contributed by atoms with van der Waals surface area (Å²) in [6.07, 6.45) is 0.603. The Hall–Kier alpha value is -2.38. The van der Waals surface area contributed by atoms with Gasteiger partial charge in [0.25, 0.3) is 0 Å². The Morgan fingerprint density at radius 3 is 2.50 bits per heavy atom. The van der Waals surface area contributed by atoms with Crippen LogP contribution in [0.25, 0.3) is 0 Å². The summed E-state index contributed by atoms with van der Waals surface area (Å²) in [5, 5.41) is 0. The van der Waals surface area contributed by atoms with E-state index in [0.29, 0.717) is 19.6 Å². The third-order valence-corrected chi connectivity index (χ3v) is 4.53. The van der Waals surface area contributed by atoms with Crippen LogP contribution in [0.3, 0.4) is 0 Å². The lowest BCUT2D eigenvalue weighted by Crippen LogP contribution is -2.37. The molecule has 0 unspecified atom stereocenters. The molecule has 0 aliphatic carbocycles. The Morgan fingerprint density at radius 1 is 1.21 bits per heavy atom. The number of rotatable bonds is 8. The Labute approximate surface area is 163 Å². The summed E-state index contributed by atoms with van der Waals surface area (Å²) in [5.74, 6) is -0.0673. The number of amides is 1. The van der Waals surface area contributed by atoms with Crippen molar-refractivity contribution in [2.24, 2.45) is 5.92 Å². The molecule has 6 nitrogen and oxygen atoms in total. The molecule has 8 heteroatoms. The molecule has 1 aromatic carbocycles. The molecular formula is C20H27F2NO5. The number of nitrogens with zero attached hydrogens (tertiary/aromatic N) is 1. The normalized spacial score (nSPS) is 19.2. The van der Waals surface area contributed by atoms with E-state index in [2.05, 4.69) is 4.74 Å². The predicted molar refractivity (Wildman–Crippen MR) is 98.6 cm³/mol. The van der Waals surface area contributed by atoms with Gasteiger partial charge in [-0.2, -0.15) is 8.78 Å². The van der Waals surface area contributed by atoms with Crippen LogP contribution >= 0.6 is 0 Å². The van der Waals surface area contributed by atoms with Gasteiger partial charge in [0, 0.05) is 26.3 Å². The van der Waals surface area contributed by atoms with Gasteiger partial charge in [-0.3, -0.25) is 9.59 Å². The second kappa shape index (κ2) is 9.71. The average Bonchev–Trinajstić information content (AvgIpc) is 3.03. The van der Waals surface area contributed by atoms with Crippen molar-refractivity contribution in [3.05, 3.63) is 23.8 Å². The van der Waals surface area contributed by atoms with Crippen LogP contribution in [0.1, 0.15) is 45.6 Å². The molecule has 1 amide bonds. The highest BCUT2D eigenvalue weighted by Gasteiger charge is 2.35. The molecule has 1 heterocycles. The zero-order chi connectivity index (χ0) is 20.8. The van der Waals surface area contributed by atoms with E-state index >= 15 is 0 Å². The summed E-state index contributed by atoms with van der Waals surface area (Å²) in [5.41, 5.74) is 0.858. The quantitative estimate of drug-likeness (QED) is 0.625. The number of hydrogen-bond acceptors (Lipinski definition) is 5. The monoisotopic (exact) mass is 399 g/mol. The van der Waals surface area contributed by atoms with E-state index in [1.165, 1.54) is 19.9 Å². The van der Waals surface area contributed by atoms with Gasteiger partial charge in [0.15, 0.2) is 11.5 Å². The number of halogens is 2. The molecule has 156 valence electrons. The maximum absolute atomic E-state index is 12.7. The van der Waals surface area contributed by atoms with E-state index < -0.39 is 12.6 Å². The fraction of sp³-hybridized carbons (Fsp3) is 0.600. The molecule has 0 saturated carbocycles. The molecule has 0 aromatic heterocycles. The second-order valence-electron chi connectivity index (χ2n) is 7.35. The highest BCUT2D eigenvalue weighted by molar-refractivity contribution is 5.74. The number of benzene rings is 1. The summed E-state index contributed by atoms with van der Waals surface area (Å²) in [7, 11) is 0. The lowest BCUT2D eigenvalue weighted by Gasteiger charge is -2.22. The minimum Gasteiger partial charge on any atom is -0.489 e. The SMILES string of the molecule is CC(=O)OC[C@H]1C[C@@H](c2ccc(OC(F)F)c(OCC(C)C)c2)CN1C(C)=O. The molecule has 1 fully saturated rings. The zero-order valence-corrected chi connectivity index (χ0v) is 16.6. The zero-order valence-electron chi connectivity index (χ0n) is 16.6. The molecule has 1 saturated heterocycles. The standard InChI is InChI=1S/C20H27F2NO5/c1-12(2)10-27-19-8-15(5-6-18(19)28-20(21)22)16-7-17(11-26-14(4)25)23(9-16)13(3)24/h5-6,8,12,16-17,20H,7,9-11H2,1-4H3/t16-,17-/m1/s1. The van der Waals surface area contributed by atoms with Crippen LogP contribution in [-0.4, -0.2) is 49.2 Å². The third-order valence-electron chi connectivity index (χ3n) is 4.53. The van der Waals surface area contributed by atoms with Gasteiger partial charge in [0.2, 0.25) is 5.91 Å². The van der Waals surface area contributed by atoms with Crippen molar-refractivity contribution in [3.8, 4) is 11.5 Å². The van der Waals surface area contributed by atoms with E-state index in [1.807, 2.05) is 13.8 Å². The first kappa shape index (κ1) is 21.9. The molecule has 0 spiro atoms. The summed E-state index contributed by atoms with van der Waals surface area (Å²) in [4.78, 5) is 24.7. The third kappa shape index (κ3) is 6.07. The Kier molecular flexibility index (Phi) is 7.60. The number of carbonyl (C=O) groups is 2. The maximum atomic E-state index is 12.7. The van der Waals surface area contributed by atoms with E-state index in [1.54, 1.807) is 17.0 Å². The number of likely N-dealkylation sites (tertiary alicyclic amines) is 1. The first-order valence-corrected chi connectivity index (χ1v) is 9.29. The number of hydrogen-bond donors (Lipinski definition) is 0. The smallest absolute Gasteiger partial charge is 0.387 e. The largest absolute Gasteiger partial charge is 0.489 e. The van der Waals surface area contributed by atoms with E-state index in [0.717, 1.165) is 5.56 Å². The summed E-state index contributed by atoms with van der Waals surface area (Å²) >= 11 is 0. The molecule has 0 bridgehead atoms. The number of ether oxygens (including phenoxy) is 3. The van der Waals surface area contributed by atoms with Crippen LogP contribution < -0.4 is 9.47 Å². The molecule has 1 aromatic rings. The van der Waals surface area contributed by atoms with Gasteiger partial charge >= 0.3 is 12.6 Å². The molecule has 0 radical (unpaired) electrons. The molecular weight excluding hydrogens is 372 g/mol. The summed E-state index contributed by atoms with van der Waals surface area (Å²) in [6.45, 7) is 4.72. The van der Waals surface area contributed by atoms with Gasteiger partial charge in [0.05, 0.1) is 12.6 Å². The lowest BCUT2D eigenvalue weighted by molar-refractivity contribution is -0.144. The minimum atomic E-state index is -2.94. The van der Waals surface area contributed by atoms with Crippen LogP contribution in [-0.2, 0) is 14.3 Å².